The van der Waals surface area contributed by atoms with E-state index in [9.17, 15) is 25.2 Å². The van der Waals surface area contributed by atoms with E-state index in [1.807, 2.05) is 0 Å². The summed E-state index contributed by atoms with van der Waals surface area (Å²) < 4.78 is 33.1. The summed E-state index contributed by atoms with van der Waals surface area (Å²) in [6.45, 7) is 1.22. The number of hydrogen-bond acceptors (Lipinski definition) is 11. The minimum absolute atomic E-state index is 0.0499. The summed E-state index contributed by atoms with van der Waals surface area (Å²) >= 11 is 0. The number of ether oxygens (including phenoxy) is 5. The zero-order valence-corrected chi connectivity index (χ0v) is 17.7. The zero-order valence-electron chi connectivity index (χ0n) is 17.7. The number of aliphatic hydroxyl groups is 4. The van der Waals surface area contributed by atoms with E-state index in [2.05, 4.69) is 0 Å². The highest BCUT2D eigenvalue weighted by atomic mass is 16.7. The van der Waals surface area contributed by atoms with Gasteiger partial charge in [0.25, 0.3) is 0 Å². The minimum Gasteiger partial charge on any atom is -0.490 e. The molecule has 1 fully saturated rings. The third-order valence-corrected chi connectivity index (χ3v) is 5.89. The molecule has 11 heteroatoms. The average molecular weight is 462 g/mol. The van der Waals surface area contributed by atoms with E-state index in [1.165, 1.54) is 7.11 Å². The first-order chi connectivity index (χ1) is 15.8. The zero-order chi connectivity index (χ0) is 23.4. The number of methoxy groups -OCH3 is 1. The molecule has 1 aromatic heterocycles. The molecule has 2 aliphatic heterocycles. The lowest BCUT2D eigenvalue weighted by Crippen LogP contribution is -2.60. The Morgan fingerprint density at radius 1 is 1.03 bits per heavy atom. The Labute approximate surface area is 186 Å². The predicted octanol–water partition coefficient (Wildman–Crippen LogP) is 0.171. The summed E-state index contributed by atoms with van der Waals surface area (Å²) in [6.07, 6.45) is -7.34. The monoisotopic (exact) mass is 462 g/mol. The molecule has 11 nitrogen and oxygen atoms in total. The van der Waals surface area contributed by atoms with Crippen LogP contribution in [0.25, 0.3) is 21.7 Å². The van der Waals surface area contributed by atoms with Crippen LogP contribution >= 0.6 is 0 Å². The van der Waals surface area contributed by atoms with Gasteiger partial charge in [-0.15, -0.1) is 0 Å². The van der Waals surface area contributed by atoms with E-state index in [1.54, 1.807) is 25.1 Å². The highest BCUT2D eigenvalue weighted by Gasteiger charge is 2.45. The van der Waals surface area contributed by atoms with Crippen LogP contribution in [-0.4, -0.2) is 71.6 Å². The Hall–Kier alpha value is -3.09. The van der Waals surface area contributed by atoms with Gasteiger partial charge < -0.3 is 48.5 Å². The molecular weight excluding hydrogens is 440 g/mol. The summed E-state index contributed by atoms with van der Waals surface area (Å²) in [6, 6.07) is 4.86. The molecule has 0 spiro atoms. The molecule has 0 aliphatic carbocycles. The first kappa shape index (κ1) is 21.7. The van der Waals surface area contributed by atoms with Crippen LogP contribution in [0.2, 0.25) is 0 Å². The maximum Gasteiger partial charge on any atom is 0.344 e. The van der Waals surface area contributed by atoms with Gasteiger partial charge in [0.1, 0.15) is 24.4 Å². The maximum absolute atomic E-state index is 12.8. The van der Waals surface area contributed by atoms with Gasteiger partial charge in [0.15, 0.2) is 22.8 Å². The summed E-state index contributed by atoms with van der Waals surface area (Å²) in [5.41, 5.74) is 0.130. The number of hydrogen-bond donors (Lipinski definition) is 4. The quantitative estimate of drug-likeness (QED) is 0.309. The molecule has 1 saturated heterocycles. The molecule has 0 radical (unpaired) electrons. The van der Waals surface area contributed by atoms with Gasteiger partial charge in [0.2, 0.25) is 18.8 Å². The lowest BCUT2D eigenvalue weighted by atomic mass is 9.99. The van der Waals surface area contributed by atoms with Gasteiger partial charge in [-0.05, 0) is 30.7 Å². The second-order valence-corrected chi connectivity index (χ2v) is 7.88. The van der Waals surface area contributed by atoms with E-state index < -0.39 is 42.9 Å². The van der Waals surface area contributed by atoms with Crippen LogP contribution in [0.3, 0.4) is 0 Å². The molecular formula is C22H22O11. The van der Waals surface area contributed by atoms with Crippen molar-refractivity contribution in [2.24, 2.45) is 0 Å². The summed E-state index contributed by atoms with van der Waals surface area (Å²) in [4.78, 5) is 12.8. The summed E-state index contributed by atoms with van der Waals surface area (Å²) in [7, 11) is 1.36. The van der Waals surface area contributed by atoms with Crippen molar-refractivity contribution in [3.05, 3.63) is 34.2 Å². The van der Waals surface area contributed by atoms with Crippen LogP contribution in [0.4, 0.5) is 0 Å². The topological polar surface area (TPSA) is 157 Å². The Morgan fingerprint density at radius 3 is 2.39 bits per heavy atom. The Balaban J connectivity index is 1.65. The number of fused-ring (bicyclic) bond motifs is 4. The third kappa shape index (κ3) is 3.36. The van der Waals surface area contributed by atoms with Crippen molar-refractivity contribution in [3.8, 4) is 23.0 Å². The number of benzene rings is 2. The van der Waals surface area contributed by atoms with E-state index in [0.717, 1.165) is 0 Å². The average Bonchev–Trinajstić information content (AvgIpc) is 3.26. The summed E-state index contributed by atoms with van der Waals surface area (Å²) in [5, 5.41) is 41.2. The molecule has 3 aromatic rings. The predicted molar refractivity (Wildman–Crippen MR) is 112 cm³/mol. The number of rotatable bonds is 4. The normalized spacial score (nSPS) is 26.7. The van der Waals surface area contributed by atoms with Crippen molar-refractivity contribution < 1.29 is 48.5 Å². The van der Waals surface area contributed by atoms with Gasteiger partial charge in [-0.2, -0.15) is 0 Å². The van der Waals surface area contributed by atoms with Crippen molar-refractivity contribution in [1.82, 2.24) is 0 Å². The van der Waals surface area contributed by atoms with Crippen LogP contribution in [0.15, 0.2) is 27.4 Å². The van der Waals surface area contributed by atoms with E-state index >= 15 is 0 Å². The van der Waals surface area contributed by atoms with Crippen LogP contribution < -0.4 is 24.6 Å². The minimum atomic E-state index is -1.62. The lowest BCUT2D eigenvalue weighted by Gasteiger charge is -2.39. The van der Waals surface area contributed by atoms with Crippen molar-refractivity contribution in [1.29, 1.82) is 0 Å². The van der Waals surface area contributed by atoms with Gasteiger partial charge in [-0.3, -0.25) is 0 Å². The standard InChI is InChI=1S/C22H22O11/c1-8-3-13(31-22-18(26)17(25)16(24)14(6-23)32-22)19(28-2)20-15(8)9-4-11-12(30-7-29-11)5-10(9)21(27)33-20/h3-5,14,16-18,22-26H,6-7H2,1-2H3/t14-,16-,17+,18-,22-/m1/s1. The highest BCUT2D eigenvalue weighted by molar-refractivity contribution is 6.09. The molecule has 4 N–H and O–H groups in total. The molecule has 33 heavy (non-hydrogen) atoms. The van der Waals surface area contributed by atoms with Gasteiger partial charge in [0.05, 0.1) is 19.1 Å². The second kappa shape index (κ2) is 8.04. The molecule has 5 atom stereocenters. The fourth-order valence-corrected chi connectivity index (χ4v) is 4.21. The van der Waals surface area contributed by atoms with Crippen molar-refractivity contribution >= 4 is 21.7 Å². The molecule has 0 saturated carbocycles. The molecule has 0 amide bonds. The van der Waals surface area contributed by atoms with E-state index in [0.29, 0.717) is 33.2 Å². The first-order valence-corrected chi connectivity index (χ1v) is 10.2. The van der Waals surface area contributed by atoms with Crippen LogP contribution in [0.5, 0.6) is 23.0 Å². The molecule has 5 rings (SSSR count). The molecule has 0 unspecified atom stereocenters. The second-order valence-electron chi connectivity index (χ2n) is 7.88. The van der Waals surface area contributed by atoms with Crippen LogP contribution in [0, 0.1) is 6.92 Å². The third-order valence-electron chi connectivity index (χ3n) is 5.89. The molecule has 0 bridgehead atoms. The SMILES string of the molecule is COc1c(O[C@@H]2O[C@H](CO)[C@@H](O)[C@H](O)[C@H]2O)cc(C)c2c1oc(=O)c1cc3c(cc12)OCO3. The number of aliphatic hydroxyl groups excluding tert-OH is 4. The van der Waals surface area contributed by atoms with Crippen LogP contribution in [0.1, 0.15) is 5.56 Å². The van der Waals surface area contributed by atoms with Gasteiger partial charge in [-0.1, -0.05) is 0 Å². The Morgan fingerprint density at radius 2 is 1.73 bits per heavy atom. The molecule has 3 heterocycles. The van der Waals surface area contributed by atoms with Crippen molar-refractivity contribution in [2.45, 2.75) is 37.6 Å². The fourth-order valence-electron chi connectivity index (χ4n) is 4.21. The maximum atomic E-state index is 12.8. The molecule has 2 aliphatic rings. The highest BCUT2D eigenvalue weighted by Crippen LogP contribution is 2.44. The van der Waals surface area contributed by atoms with Gasteiger partial charge in [0, 0.05) is 10.8 Å². The van der Waals surface area contributed by atoms with E-state index in [-0.39, 0.29) is 23.9 Å². The van der Waals surface area contributed by atoms with Gasteiger partial charge in [-0.25, -0.2) is 4.79 Å². The van der Waals surface area contributed by atoms with E-state index in [4.69, 9.17) is 28.1 Å². The Bertz CT molecular complexity index is 1280. The molecule has 176 valence electrons. The number of aryl methyl sites for hydroxylation is 1. The molecule has 2 aromatic carbocycles. The van der Waals surface area contributed by atoms with Crippen molar-refractivity contribution in [3.63, 3.8) is 0 Å². The van der Waals surface area contributed by atoms with Crippen LogP contribution in [-0.2, 0) is 4.74 Å². The summed E-state index contributed by atoms with van der Waals surface area (Å²) in [5.74, 6) is 1.06. The largest absolute Gasteiger partial charge is 0.490 e. The van der Waals surface area contributed by atoms with Crippen molar-refractivity contribution in [2.75, 3.05) is 20.5 Å². The lowest BCUT2D eigenvalue weighted by molar-refractivity contribution is -0.277. The smallest absolute Gasteiger partial charge is 0.344 e. The van der Waals surface area contributed by atoms with Gasteiger partial charge >= 0.3 is 5.63 Å². The first-order valence-electron chi connectivity index (χ1n) is 10.2. The Kier molecular flexibility index (Phi) is 5.30. The fraction of sp³-hybridized carbons (Fsp3) is 0.409.